The molecule has 2 aromatic carbocycles. The Morgan fingerprint density at radius 1 is 1.16 bits per heavy atom. The number of aryl methyl sites for hydroxylation is 1. The van der Waals surface area contributed by atoms with Gasteiger partial charge in [-0.05, 0) is 30.5 Å². The topological polar surface area (TPSA) is 26.3 Å². The lowest BCUT2D eigenvalue weighted by molar-refractivity contribution is 0.112. The first kappa shape index (κ1) is 13.6. The largest absolute Gasteiger partial charge is 0.496 e. The van der Waals surface area contributed by atoms with Gasteiger partial charge in [0.15, 0.2) is 0 Å². The number of carbonyl (C=O) groups is 1. The van der Waals surface area contributed by atoms with Gasteiger partial charge in [-0.15, -0.1) is 0 Å². The van der Waals surface area contributed by atoms with Crippen molar-refractivity contribution in [3.8, 4) is 5.75 Å². The first-order valence-electron chi connectivity index (χ1n) is 6.10. The number of benzene rings is 2. The van der Waals surface area contributed by atoms with E-state index in [1.54, 1.807) is 19.2 Å². The van der Waals surface area contributed by atoms with E-state index in [0.717, 1.165) is 24.7 Å². The van der Waals surface area contributed by atoms with Crippen LogP contribution < -0.4 is 4.74 Å². The zero-order valence-electron chi connectivity index (χ0n) is 10.7. The zero-order chi connectivity index (χ0) is 13.7. The molecule has 0 radical (unpaired) electrons. The highest BCUT2D eigenvalue weighted by Crippen LogP contribution is 2.29. The molecule has 0 saturated heterocycles. The Kier molecular flexibility index (Phi) is 4.58. The number of aldehydes is 1. The molecule has 0 spiro atoms. The molecule has 0 aromatic heterocycles. The Hall–Kier alpha value is -1.80. The van der Waals surface area contributed by atoms with Crippen molar-refractivity contribution in [2.75, 3.05) is 7.11 Å². The molecule has 0 unspecified atom stereocenters. The molecule has 0 heterocycles. The molecule has 2 aromatic rings. The van der Waals surface area contributed by atoms with Crippen molar-refractivity contribution in [2.45, 2.75) is 12.8 Å². The zero-order valence-corrected chi connectivity index (χ0v) is 11.5. The summed E-state index contributed by atoms with van der Waals surface area (Å²) in [6, 6.07) is 13.6. The highest BCUT2D eigenvalue weighted by molar-refractivity contribution is 6.31. The molecule has 0 atom stereocenters. The van der Waals surface area contributed by atoms with E-state index in [0.29, 0.717) is 16.3 Å². The summed E-state index contributed by atoms with van der Waals surface area (Å²) in [7, 11) is 1.59. The van der Waals surface area contributed by atoms with Gasteiger partial charge in [0.1, 0.15) is 12.0 Å². The molecule has 0 aliphatic rings. The van der Waals surface area contributed by atoms with Gasteiger partial charge in [0.25, 0.3) is 0 Å². The third-order valence-corrected chi connectivity index (χ3v) is 3.38. The molecule has 98 valence electrons. The fraction of sp³-hybridized carbons (Fsp3) is 0.188. The Bertz CT molecular complexity index is 564. The second-order valence-electron chi connectivity index (χ2n) is 4.29. The molecule has 0 aliphatic heterocycles. The summed E-state index contributed by atoms with van der Waals surface area (Å²) in [5.74, 6) is 0.672. The van der Waals surface area contributed by atoms with E-state index in [1.165, 1.54) is 5.56 Å². The summed E-state index contributed by atoms with van der Waals surface area (Å²) in [6.45, 7) is 0. The van der Waals surface area contributed by atoms with Crippen LogP contribution in [0.2, 0.25) is 5.02 Å². The lowest BCUT2D eigenvalue weighted by Gasteiger charge is -2.11. The van der Waals surface area contributed by atoms with Gasteiger partial charge >= 0.3 is 0 Å². The van der Waals surface area contributed by atoms with Crippen molar-refractivity contribution < 1.29 is 9.53 Å². The standard InChI is InChI=1S/C16H15ClO2/c1-19-16-10-13(11-18)9-15(17)14(16)8-7-12-5-3-2-4-6-12/h2-6,9-11H,7-8H2,1H3. The first-order chi connectivity index (χ1) is 9.24. The molecule has 3 heteroatoms. The fourth-order valence-corrected chi connectivity index (χ4v) is 2.35. The van der Waals surface area contributed by atoms with Crippen LogP contribution in [0.4, 0.5) is 0 Å². The predicted octanol–water partition coefficient (Wildman–Crippen LogP) is 3.95. The number of methoxy groups -OCH3 is 1. The Morgan fingerprint density at radius 3 is 2.53 bits per heavy atom. The summed E-state index contributed by atoms with van der Waals surface area (Å²) < 4.78 is 5.31. The van der Waals surface area contributed by atoms with Gasteiger partial charge in [-0.1, -0.05) is 41.9 Å². The molecule has 0 saturated carbocycles. The molecule has 2 rings (SSSR count). The molecule has 0 bridgehead atoms. The molecule has 0 amide bonds. The quantitative estimate of drug-likeness (QED) is 0.772. The molecule has 19 heavy (non-hydrogen) atoms. The molecular formula is C16H15ClO2. The van der Waals surface area contributed by atoms with Crippen molar-refractivity contribution >= 4 is 17.9 Å². The summed E-state index contributed by atoms with van der Waals surface area (Å²) in [5.41, 5.74) is 2.73. The summed E-state index contributed by atoms with van der Waals surface area (Å²) in [5, 5.41) is 0.581. The van der Waals surface area contributed by atoms with E-state index in [1.807, 2.05) is 18.2 Å². The van der Waals surface area contributed by atoms with Crippen LogP contribution >= 0.6 is 11.6 Å². The maximum absolute atomic E-state index is 10.8. The SMILES string of the molecule is COc1cc(C=O)cc(Cl)c1CCc1ccccc1. The van der Waals surface area contributed by atoms with E-state index in [2.05, 4.69) is 12.1 Å². The summed E-state index contributed by atoms with van der Waals surface area (Å²) >= 11 is 6.22. The fourth-order valence-electron chi connectivity index (χ4n) is 2.04. The van der Waals surface area contributed by atoms with E-state index in [4.69, 9.17) is 16.3 Å². The van der Waals surface area contributed by atoms with Crippen molar-refractivity contribution in [3.63, 3.8) is 0 Å². The second-order valence-corrected chi connectivity index (χ2v) is 4.69. The van der Waals surface area contributed by atoms with Crippen LogP contribution in [-0.2, 0) is 12.8 Å². The minimum absolute atomic E-state index is 0.533. The van der Waals surface area contributed by atoms with Crippen molar-refractivity contribution in [2.24, 2.45) is 0 Å². The molecular weight excluding hydrogens is 260 g/mol. The first-order valence-corrected chi connectivity index (χ1v) is 6.48. The summed E-state index contributed by atoms with van der Waals surface area (Å²) in [4.78, 5) is 10.8. The molecule has 0 N–H and O–H groups in total. The van der Waals surface area contributed by atoms with Gasteiger partial charge in [-0.3, -0.25) is 4.79 Å². The Morgan fingerprint density at radius 2 is 1.89 bits per heavy atom. The normalized spacial score (nSPS) is 10.2. The maximum atomic E-state index is 10.8. The number of hydrogen-bond donors (Lipinski definition) is 0. The van der Waals surface area contributed by atoms with Gasteiger partial charge < -0.3 is 4.74 Å². The van der Waals surface area contributed by atoms with Crippen molar-refractivity contribution in [3.05, 3.63) is 64.2 Å². The van der Waals surface area contributed by atoms with Crippen LogP contribution in [-0.4, -0.2) is 13.4 Å². The Labute approximate surface area is 118 Å². The molecule has 0 aliphatic carbocycles. The number of ether oxygens (including phenoxy) is 1. The van der Waals surface area contributed by atoms with E-state index < -0.39 is 0 Å². The Balaban J connectivity index is 2.22. The third-order valence-electron chi connectivity index (χ3n) is 3.04. The molecule has 0 fully saturated rings. The minimum Gasteiger partial charge on any atom is -0.496 e. The number of hydrogen-bond acceptors (Lipinski definition) is 2. The van der Waals surface area contributed by atoms with E-state index >= 15 is 0 Å². The van der Waals surface area contributed by atoms with Crippen molar-refractivity contribution in [1.82, 2.24) is 0 Å². The van der Waals surface area contributed by atoms with Gasteiger partial charge in [-0.25, -0.2) is 0 Å². The summed E-state index contributed by atoms with van der Waals surface area (Å²) in [6.07, 6.45) is 2.44. The maximum Gasteiger partial charge on any atom is 0.150 e. The lowest BCUT2D eigenvalue weighted by Crippen LogP contribution is -1.98. The average Bonchev–Trinajstić information content (AvgIpc) is 2.46. The van der Waals surface area contributed by atoms with Crippen LogP contribution in [0.15, 0.2) is 42.5 Å². The molecule has 2 nitrogen and oxygen atoms in total. The number of halogens is 1. The van der Waals surface area contributed by atoms with E-state index in [9.17, 15) is 4.79 Å². The smallest absolute Gasteiger partial charge is 0.150 e. The second kappa shape index (κ2) is 6.39. The highest BCUT2D eigenvalue weighted by Gasteiger charge is 2.10. The third kappa shape index (κ3) is 3.36. The van der Waals surface area contributed by atoms with Crippen LogP contribution in [0.25, 0.3) is 0 Å². The van der Waals surface area contributed by atoms with Crippen molar-refractivity contribution in [1.29, 1.82) is 0 Å². The van der Waals surface area contributed by atoms with Crippen LogP contribution in [0.1, 0.15) is 21.5 Å². The minimum atomic E-state index is 0.533. The van der Waals surface area contributed by atoms with Crippen LogP contribution in [0.3, 0.4) is 0 Å². The lowest BCUT2D eigenvalue weighted by atomic mass is 10.0. The monoisotopic (exact) mass is 274 g/mol. The predicted molar refractivity (Wildman–Crippen MR) is 77.2 cm³/mol. The number of rotatable bonds is 5. The number of carbonyl (C=O) groups excluding carboxylic acids is 1. The van der Waals surface area contributed by atoms with Crippen LogP contribution in [0, 0.1) is 0 Å². The average molecular weight is 275 g/mol. The van der Waals surface area contributed by atoms with Crippen LogP contribution in [0.5, 0.6) is 5.75 Å². The van der Waals surface area contributed by atoms with Gasteiger partial charge in [-0.2, -0.15) is 0 Å². The highest BCUT2D eigenvalue weighted by atomic mass is 35.5. The van der Waals surface area contributed by atoms with Gasteiger partial charge in [0.2, 0.25) is 0 Å². The van der Waals surface area contributed by atoms with E-state index in [-0.39, 0.29) is 0 Å². The van der Waals surface area contributed by atoms with Gasteiger partial charge in [0.05, 0.1) is 7.11 Å². The van der Waals surface area contributed by atoms with Gasteiger partial charge in [0, 0.05) is 16.1 Å².